The van der Waals surface area contributed by atoms with E-state index in [9.17, 15) is 4.79 Å². The Kier molecular flexibility index (Phi) is 4.39. The number of hydrogen-bond acceptors (Lipinski definition) is 2. The van der Waals surface area contributed by atoms with Crippen LogP contribution in [0.5, 0.6) is 0 Å². The fourth-order valence-corrected chi connectivity index (χ4v) is 2.17. The van der Waals surface area contributed by atoms with E-state index in [2.05, 4.69) is 6.92 Å². The molecule has 0 aromatic rings. The first-order valence-corrected chi connectivity index (χ1v) is 5.69. The molecule has 0 radical (unpaired) electrons. The van der Waals surface area contributed by atoms with Gasteiger partial charge in [0.25, 0.3) is 0 Å². The van der Waals surface area contributed by atoms with E-state index in [4.69, 9.17) is 5.73 Å². The third-order valence-electron chi connectivity index (χ3n) is 3.14. The van der Waals surface area contributed by atoms with Crippen molar-refractivity contribution in [2.45, 2.75) is 57.5 Å². The topological polar surface area (TPSA) is 46.3 Å². The van der Waals surface area contributed by atoms with Crippen molar-refractivity contribution in [2.24, 2.45) is 5.73 Å². The number of nitrogens with two attached hydrogens (primary N) is 1. The summed E-state index contributed by atoms with van der Waals surface area (Å²) >= 11 is 0. The van der Waals surface area contributed by atoms with Crippen LogP contribution in [0.15, 0.2) is 0 Å². The van der Waals surface area contributed by atoms with E-state index in [0.717, 1.165) is 25.7 Å². The first kappa shape index (κ1) is 11.5. The second-order valence-corrected chi connectivity index (χ2v) is 4.28. The zero-order valence-electron chi connectivity index (χ0n) is 9.33. The van der Waals surface area contributed by atoms with E-state index in [1.165, 1.54) is 12.8 Å². The van der Waals surface area contributed by atoms with Crippen molar-refractivity contribution in [3.8, 4) is 0 Å². The van der Waals surface area contributed by atoms with Crippen LogP contribution < -0.4 is 5.73 Å². The van der Waals surface area contributed by atoms with Gasteiger partial charge in [0, 0.05) is 13.1 Å². The van der Waals surface area contributed by atoms with E-state index < -0.39 is 0 Å². The van der Waals surface area contributed by atoms with Crippen molar-refractivity contribution in [3.05, 3.63) is 0 Å². The molecule has 1 aliphatic rings. The summed E-state index contributed by atoms with van der Waals surface area (Å²) in [4.78, 5) is 13.7. The highest BCUT2D eigenvalue weighted by molar-refractivity contribution is 5.81. The van der Waals surface area contributed by atoms with E-state index >= 15 is 0 Å². The molecule has 0 heterocycles. The SMILES string of the molecule is CCC[C@H](N)C(=O)N(C)C1CCCC1. The molecule has 3 heteroatoms. The van der Waals surface area contributed by atoms with E-state index in [1.54, 1.807) is 0 Å². The number of nitrogens with zero attached hydrogens (tertiary/aromatic N) is 1. The molecule has 0 aliphatic heterocycles. The molecule has 1 amide bonds. The minimum Gasteiger partial charge on any atom is -0.341 e. The van der Waals surface area contributed by atoms with Gasteiger partial charge in [-0.1, -0.05) is 26.2 Å². The summed E-state index contributed by atoms with van der Waals surface area (Å²) in [7, 11) is 1.90. The number of carbonyl (C=O) groups is 1. The molecule has 1 fully saturated rings. The summed E-state index contributed by atoms with van der Waals surface area (Å²) in [5, 5.41) is 0. The lowest BCUT2D eigenvalue weighted by Gasteiger charge is -2.27. The van der Waals surface area contributed by atoms with Crippen LogP contribution in [0.25, 0.3) is 0 Å². The van der Waals surface area contributed by atoms with Crippen molar-refractivity contribution in [3.63, 3.8) is 0 Å². The van der Waals surface area contributed by atoms with Gasteiger partial charge in [0.05, 0.1) is 6.04 Å². The summed E-state index contributed by atoms with van der Waals surface area (Å²) in [5.41, 5.74) is 5.81. The minimum atomic E-state index is -0.286. The fraction of sp³-hybridized carbons (Fsp3) is 0.909. The third-order valence-corrected chi connectivity index (χ3v) is 3.14. The number of carbonyl (C=O) groups excluding carboxylic acids is 1. The van der Waals surface area contributed by atoms with Crippen LogP contribution >= 0.6 is 0 Å². The molecule has 0 aromatic heterocycles. The highest BCUT2D eigenvalue weighted by Crippen LogP contribution is 2.22. The van der Waals surface area contributed by atoms with Gasteiger partial charge in [0.2, 0.25) is 5.91 Å². The Labute approximate surface area is 86.6 Å². The lowest BCUT2D eigenvalue weighted by Crippen LogP contribution is -2.45. The van der Waals surface area contributed by atoms with Gasteiger partial charge in [-0.2, -0.15) is 0 Å². The smallest absolute Gasteiger partial charge is 0.239 e. The molecule has 0 unspecified atom stereocenters. The van der Waals surface area contributed by atoms with Crippen LogP contribution in [0.1, 0.15) is 45.4 Å². The molecule has 1 rings (SSSR count). The Hall–Kier alpha value is -0.570. The van der Waals surface area contributed by atoms with E-state index in [0.29, 0.717) is 6.04 Å². The molecule has 0 bridgehead atoms. The van der Waals surface area contributed by atoms with Crippen molar-refractivity contribution in [2.75, 3.05) is 7.05 Å². The molecule has 2 N–H and O–H groups in total. The lowest BCUT2D eigenvalue weighted by atomic mass is 10.1. The van der Waals surface area contributed by atoms with Gasteiger partial charge >= 0.3 is 0 Å². The molecular weight excluding hydrogens is 176 g/mol. The van der Waals surface area contributed by atoms with Crippen LogP contribution in [0.4, 0.5) is 0 Å². The molecule has 3 nitrogen and oxygen atoms in total. The quantitative estimate of drug-likeness (QED) is 0.744. The van der Waals surface area contributed by atoms with Crippen LogP contribution in [0.3, 0.4) is 0 Å². The van der Waals surface area contributed by atoms with Gasteiger partial charge in [-0.05, 0) is 19.3 Å². The number of amides is 1. The van der Waals surface area contributed by atoms with Crippen molar-refractivity contribution in [1.82, 2.24) is 4.90 Å². The summed E-state index contributed by atoms with van der Waals surface area (Å²) in [6, 6.07) is 0.163. The van der Waals surface area contributed by atoms with Crippen molar-refractivity contribution in [1.29, 1.82) is 0 Å². The molecule has 1 saturated carbocycles. The Morgan fingerprint density at radius 2 is 2.07 bits per heavy atom. The van der Waals surface area contributed by atoms with Gasteiger partial charge < -0.3 is 10.6 Å². The molecule has 1 aliphatic carbocycles. The van der Waals surface area contributed by atoms with Gasteiger partial charge in [0.15, 0.2) is 0 Å². The Morgan fingerprint density at radius 3 is 2.57 bits per heavy atom. The highest BCUT2D eigenvalue weighted by atomic mass is 16.2. The Balaban J connectivity index is 2.42. The van der Waals surface area contributed by atoms with Crippen LogP contribution in [0, 0.1) is 0 Å². The van der Waals surface area contributed by atoms with Gasteiger partial charge in [-0.15, -0.1) is 0 Å². The molecule has 0 spiro atoms. The fourth-order valence-electron chi connectivity index (χ4n) is 2.17. The maximum absolute atomic E-state index is 11.8. The maximum Gasteiger partial charge on any atom is 0.239 e. The van der Waals surface area contributed by atoms with E-state index in [-0.39, 0.29) is 11.9 Å². The van der Waals surface area contributed by atoms with Gasteiger partial charge in [0.1, 0.15) is 0 Å². The normalized spacial score (nSPS) is 19.6. The predicted molar refractivity (Wildman–Crippen MR) is 57.9 cm³/mol. The zero-order chi connectivity index (χ0) is 10.6. The van der Waals surface area contributed by atoms with Gasteiger partial charge in [-0.25, -0.2) is 0 Å². The molecule has 1 atom stereocenters. The first-order chi connectivity index (χ1) is 6.66. The number of hydrogen-bond donors (Lipinski definition) is 1. The largest absolute Gasteiger partial charge is 0.341 e. The van der Waals surface area contributed by atoms with Crippen LogP contribution in [0.2, 0.25) is 0 Å². The molecule has 82 valence electrons. The van der Waals surface area contributed by atoms with Crippen molar-refractivity contribution >= 4 is 5.91 Å². The second kappa shape index (κ2) is 5.35. The first-order valence-electron chi connectivity index (χ1n) is 5.69. The van der Waals surface area contributed by atoms with Crippen LogP contribution in [-0.4, -0.2) is 29.9 Å². The standard InChI is InChI=1S/C11H22N2O/c1-3-6-10(12)11(14)13(2)9-7-4-5-8-9/h9-10H,3-8,12H2,1-2H3/t10-/m0/s1. The third kappa shape index (κ3) is 2.71. The molecule has 0 saturated heterocycles. The molecule has 0 aromatic carbocycles. The summed E-state index contributed by atoms with van der Waals surface area (Å²) < 4.78 is 0. The summed E-state index contributed by atoms with van der Waals surface area (Å²) in [5.74, 6) is 0.124. The Bertz CT molecular complexity index is 188. The summed E-state index contributed by atoms with van der Waals surface area (Å²) in [6.07, 6.45) is 6.60. The zero-order valence-corrected chi connectivity index (χ0v) is 9.33. The van der Waals surface area contributed by atoms with Gasteiger partial charge in [-0.3, -0.25) is 4.79 Å². The van der Waals surface area contributed by atoms with Crippen LogP contribution in [-0.2, 0) is 4.79 Å². The molecule has 14 heavy (non-hydrogen) atoms. The summed E-state index contributed by atoms with van der Waals surface area (Å²) in [6.45, 7) is 2.06. The minimum absolute atomic E-state index is 0.124. The monoisotopic (exact) mass is 198 g/mol. The average molecular weight is 198 g/mol. The number of rotatable bonds is 4. The molecular formula is C11H22N2O. The highest BCUT2D eigenvalue weighted by Gasteiger charge is 2.26. The lowest BCUT2D eigenvalue weighted by molar-refractivity contribution is -0.133. The van der Waals surface area contributed by atoms with Crippen molar-refractivity contribution < 1.29 is 4.79 Å². The second-order valence-electron chi connectivity index (χ2n) is 4.28. The Morgan fingerprint density at radius 1 is 1.50 bits per heavy atom. The van der Waals surface area contributed by atoms with E-state index in [1.807, 2.05) is 11.9 Å². The average Bonchev–Trinajstić information content (AvgIpc) is 2.68. The predicted octanol–water partition coefficient (Wildman–Crippen LogP) is 1.51. The maximum atomic E-state index is 11.8. The number of likely N-dealkylation sites (N-methyl/N-ethyl adjacent to an activating group) is 1.